The minimum absolute atomic E-state index is 0.0139. The van der Waals surface area contributed by atoms with Crippen molar-refractivity contribution in [1.82, 2.24) is 0 Å². The van der Waals surface area contributed by atoms with E-state index in [0.29, 0.717) is 12.8 Å². The molecule has 0 saturated heterocycles. The number of hydrogen-bond donors (Lipinski definition) is 3. The van der Waals surface area contributed by atoms with Gasteiger partial charge >= 0.3 is 0 Å². The fraction of sp³-hybridized carbons (Fsp3) is 1.00. The highest BCUT2D eigenvalue weighted by Crippen LogP contribution is 1.90. The van der Waals surface area contributed by atoms with Gasteiger partial charge in [-0.2, -0.15) is 0 Å². The van der Waals surface area contributed by atoms with Gasteiger partial charge in [-0.1, -0.05) is 0 Å². The molecule has 0 saturated carbocycles. The summed E-state index contributed by atoms with van der Waals surface area (Å²) in [5, 5.41) is 16.6. The maximum absolute atomic E-state index is 8.35. The number of aliphatic hydroxyl groups is 2. The molecule has 0 unspecified atom stereocenters. The second-order valence-corrected chi connectivity index (χ2v) is 1.81. The molecule has 0 radical (unpaired) electrons. The molecule has 3 heteroatoms. The molecule has 0 aromatic carbocycles. The monoisotopic (exact) mass is 119 g/mol. The molecule has 0 heterocycles. The highest BCUT2D eigenvalue weighted by molar-refractivity contribution is 4.56. The van der Waals surface area contributed by atoms with E-state index in [1.54, 1.807) is 0 Å². The summed E-state index contributed by atoms with van der Waals surface area (Å²) in [4.78, 5) is 0. The van der Waals surface area contributed by atoms with Crippen LogP contribution in [0.4, 0.5) is 0 Å². The Morgan fingerprint density at radius 1 is 1.38 bits per heavy atom. The fourth-order valence-electron chi connectivity index (χ4n) is 0.445. The second-order valence-electron chi connectivity index (χ2n) is 1.81. The molecule has 50 valence electrons. The largest absolute Gasteiger partial charge is 0.396 e. The van der Waals surface area contributed by atoms with Crippen molar-refractivity contribution in [1.29, 1.82) is 0 Å². The van der Waals surface area contributed by atoms with Crippen molar-refractivity contribution < 1.29 is 10.2 Å². The van der Waals surface area contributed by atoms with Crippen LogP contribution in [0.2, 0.25) is 0 Å². The van der Waals surface area contributed by atoms with Crippen molar-refractivity contribution in [3.63, 3.8) is 0 Å². The Morgan fingerprint density at radius 2 is 2.00 bits per heavy atom. The summed E-state index contributed by atoms with van der Waals surface area (Å²) in [7, 11) is 0. The summed E-state index contributed by atoms with van der Waals surface area (Å²) in [6.07, 6.45) is 1.38. The summed E-state index contributed by atoms with van der Waals surface area (Å²) < 4.78 is 0. The lowest BCUT2D eigenvalue weighted by Crippen LogP contribution is -2.24. The van der Waals surface area contributed by atoms with E-state index in [4.69, 9.17) is 15.9 Å². The van der Waals surface area contributed by atoms with Crippen LogP contribution in [0.1, 0.15) is 12.8 Å². The van der Waals surface area contributed by atoms with Gasteiger partial charge in [-0.3, -0.25) is 0 Å². The highest BCUT2D eigenvalue weighted by atomic mass is 16.3. The molecule has 0 fully saturated rings. The third kappa shape index (κ3) is 4.05. The zero-order chi connectivity index (χ0) is 6.41. The maximum Gasteiger partial charge on any atom is 0.0582 e. The van der Waals surface area contributed by atoms with E-state index >= 15 is 0 Å². The van der Waals surface area contributed by atoms with Crippen LogP contribution in [0.5, 0.6) is 0 Å². The van der Waals surface area contributed by atoms with Gasteiger partial charge in [0.15, 0.2) is 0 Å². The fourth-order valence-corrected chi connectivity index (χ4v) is 0.445. The summed E-state index contributed by atoms with van der Waals surface area (Å²) in [6, 6.07) is -0.151. The van der Waals surface area contributed by atoms with Crippen LogP contribution in [-0.4, -0.2) is 29.5 Å². The predicted molar refractivity (Wildman–Crippen MR) is 31.4 cm³/mol. The zero-order valence-electron chi connectivity index (χ0n) is 4.88. The molecule has 0 aliphatic heterocycles. The number of aliphatic hydroxyl groups excluding tert-OH is 2. The third-order valence-corrected chi connectivity index (χ3v) is 0.968. The van der Waals surface area contributed by atoms with Gasteiger partial charge in [0.2, 0.25) is 0 Å². The summed E-state index contributed by atoms with van der Waals surface area (Å²) in [6.45, 7) is 0.174. The minimum Gasteiger partial charge on any atom is -0.396 e. The molecule has 0 aromatic rings. The first kappa shape index (κ1) is 7.88. The Balaban J connectivity index is 2.86. The van der Waals surface area contributed by atoms with E-state index in [2.05, 4.69) is 0 Å². The van der Waals surface area contributed by atoms with Crippen molar-refractivity contribution in [3.05, 3.63) is 0 Å². The summed E-state index contributed by atoms with van der Waals surface area (Å²) in [5.41, 5.74) is 5.30. The Labute approximate surface area is 49.1 Å². The van der Waals surface area contributed by atoms with E-state index in [1.165, 1.54) is 0 Å². The van der Waals surface area contributed by atoms with E-state index in [9.17, 15) is 0 Å². The predicted octanol–water partition coefficient (Wildman–Crippen LogP) is -0.922. The molecule has 0 rings (SSSR count). The third-order valence-electron chi connectivity index (χ3n) is 0.968. The molecule has 3 nitrogen and oxygen atoms in total. The molecule has 1 atom stereocenters. The summed E-state index contributed by atoms with van der Waals surface area (Å²) >= 11 is 0. The average molecular weight is 119 g/mol. The zero-order valence-corrected chi connectivity index (χ0v) is 4.88. The molecule has 8 heavy (non-hydrogen) atoms. The van der Waals surface area contributed by atoms with E-state index in [-0.39, 0.29) is 19.3 Å². The normalized spacial score (nSPS) is 13.9. The molecule has 0 aliphatic carbocycles. The number of nitrogens with two attached hydrogens (primary N) is 1. The van der Waals surface area contributed by atoms with Crippen LogP contribution >= 0.6 is 0 Å². The Morgan fingerprint density at radius 3 is 2.38 bits per heavy atom. The van der Waals surface area contributed by atoms with Crippen LogP contribution < -0.4 is 5.73 Å². The van der Waals surface area contributed by atoms with Crippen LogP contribution in [-0.2, 0) is 0 Å². The topological polar surface area (TPSA) is 66.5 Å². The van der Waals surface area contributed by atoms with Crippen molar-refractivity contribution >= 4 is 0 Å². The van der Waals surface area contributed by atoms with Crippen LogP contribution in [0.3, 0.4) is 0 Å². The molecule has 4 N–H and O–H groups in total. The molecular formula is C5H13NO2. The van der Waals surface area contributed by atoms with E-state index in [0.717, 1.165) is 0 Å². The highest BCUT2D eigenvalue weighted by Gasteiger charge is 1.96. The van der Waals surface area contributed by atoms with Gasteiger partial charge in [0, 0.05) is 12.6 Å². The van der Waals surface area contributed by atoms with Gasteiger partial charge in [0.1, 0.15) is 0 Å². The molecular weight excluding hydrogens is 106 g/mol. The molecule has 0 spiro atoms. The first-order chi connectivity index (χ1) is 3.81. The standard InChI is InChI=1S/C5H13NO2/c6-5(4-8)2-1-3-7/h5,7-8H,1-4,6H2/t5-/m0/s1. The van der Waals surface area contributed by atoms with Crippen LogP contribution in [0.25, 0.3) is 0 Å². The van der Waals surface area contributed by atoms with Gasteiger partial charge < -0.3 is 15.9 Å². The van der Waals surface area contributed by atoms with E-state index < -0.39 is 0 Å². The summed E-state index contributed by atoms with van der Waals surface area (Å²) in [5.74, 6) is 0. The van der Waals surface area contributed by atoms with Gasteiger partial charge in [0.25, 0.3) is 0 Å². The SMILES string of the molecule is N[C@H](CO)CCCO. The van der Waals surface area contributed by atoms with Gasteiger partial charge in [-0.05, 0) is 12.8 Å². The maximum atomic E-state index is 8.35. The van der Waals surface area contributed by atoms with Crippen molar-refractivity contribution in [3.8, 4) is 0 Å². The van der Waals surface area contributed by atoms with Crippen LogP contribution in [0.15, 0.2) is 0 Å². The average Bonchev–Trinajstić information content (AvgIpc) is 1.83. The van der Waals surface area contributed by atoms with Crippen molar-refractivity contribution in [2.45, 2.75) is 18.9 Å². The Bertz CT molecular complexity index is 49.7. The lowest BCUT2D eigenvalue weighted by atomic mass is 10.2. The lowest BCUT2D eigenvalue weighted by molar-refractivity contribution is 0.238. The van der Waals surface area contributed by atoms with E-state index in [1.807, 2.05) is 0 Å². The quantitative estimate of drug-likeness (QED) is 0.448. The van der Waals surface area contributed by atoms with Crippen molar-refractivity contribution in [2.24, 2.45) is 5.73 Å². The van der Waals surface area contributed by atoms with Gasteiger partial charge in [0.05, 0.1) is 6.61 Å². The van der Waals surface area contributed by atoms with Gasteiger partial charge in [-0.25, -0.2) is 0 Å². The first-order valence-corrected chi connectivity index (χ1v) is 2.78. The van der Waals surface area contributed by atoms with Crippen LogP contribution in [0, 0.1) is 0 Å². The van der Waals surface area contributed by atoms with Crippen molar-refractivity contribution in [2.75, 3.05) is 13.2 Å². The Hall–Kier alpha value is -0.120. The Kier molecular flexibility index (Phi) is 4.95. The molecule has 0 aliphatic rings. The van der Waals surface area contributed by atoms with Gasteiger partial charge in [-0.15, -0.1) is 0 Å². The number of hydrogen-bond acceptors (Lipinski definition) is 3. The first-order valence-electron chi connectivity index (χ1n) is 2.78. The number of rotatable bonds is 4. The molecule has 0 bridgehead atoms. The second kappa shape index (κ2) is 5.03. The minimum atomic E-state index is -0.151. The smallest absolute Gasteiger partial charge is 0.0582 e. The lowest BCUT2D eigenvalue weighted by Gasteiger charge is -2.03. The molecule has 0 aromatic heterocycles. The molecule has 0 amide bonds.